The summed E-state index contributed by atoms with van der Waals surface area (Å²) in [7, 11) is 1.59. The summed E-state index contributed by atoms with van der Waals surface area (Å²) in [6, 6.07) is 35.5. The third kappa shape index (κ3) is 4.28. The molecule has 0 spiro atoms. The molecular weight excluding hydrogens is 422 g/mol. The van der Waals surface area contributed by atoms with Crippen molar-refractivity contribution in [1.29, 1.82) is 0 Å². The van der Waals surface area contributed by atoms with E-state index < -0.39 is 0 Å². The third-order valence-corrected chi connectivity index (χ3v) is 5.82. The first kappa shape index (κ1) is 21.5. The molecule has 0 fully saturated rings. The number of nitrogens with zero attached hydrogens (tertiary/aromatic N) is 3. The first-order valence-electron chi connectivity index (χ1n) is 11.2. The minimum Gasteiger partial charge on any atom is -0.496 e. The number of imidazole rings is 1. The average Bonchev–Trinajstić information content (AvgIpc) is 3.27. The molecule has 4 aromatic carbocycles. The second kappa shape index (κ2) is 9.63. The number of methoxy groups -OCH3 is 1. The highest BCUT2D eigenvalue weighted by Gasteiger charge is 2.23. The number of carbonyl (C=O) groups excluding carboxylic acids is 1. The molecular formula is C29H25N3O2. The maximum absolute atomic E-state index is 13.8. The summed E-state index contributed by atoms with van der Waals surface area (Å²) in [5.41, 5.74) is 4.49. The zero-order valence-electron chi connectivity index (χ0n) is 19.0. The molecule has 0 saturated heterocycles. The van der Waals surface area contributed by atoms with E-state index in [0.717, 1.165) is 28.1 Å². The highest BCUT2D eigenvalue weighted by Crippen LogP contribution is 2.25. The molecule has 5 rings (SSSR count). The van der Waals surface area contributed by atoms with Crippen LogP contribution in [0.4, 0.5) is 0 Å². The Morgan fingerprint density at radius 2 is 1.44 bits per heavy atom. The Hall–Kier alpha value is -4.38. The van der Waals surface area contributed by atoms with Gasteiger partial charge in [0.1, 0.15) is 11.6 Å². The molecule has 0 saturated carbocycles. The number of para-hydroxylation sites is 4. The highest BCUT2D eigenvalue weighted by molar-refractivity contribution is 5.97. The molecule has 5 heteroatoms. The Bertz CT molecular complexity index is 1410. The van der Waals surface area contributed by atoms with Crippen LogP contribution < -0.4 is 4.74 Å². The molecule has 5 aromatic rings. The lowest BCUT2D eigenvalue weighted by Crippen LogP contribution is -2.31. The minimum atomic E-state index is -0.104. The monoisotopic (exact) mass is 447 g/mol. The van der Waals surface area contributed by atoms with E-state index in [1.165, 1.54) is 0 Å². The van der Waals surface area contributed by atoms with Gasteiger partial charge in [0, 0.05) is 12.2 Å². The molecule has 0 bridgehead atoms. The Balaban J connectivity index is 1.60. The summed E-state index contributed by atoms with van der Waals surface area (Å²) in [6.45, 7) is 0.797. The lowest BCUT2D eigenvalue weighted by atomic mass is 10.1. The number of hydrogen-bond acceptors (Lipinski definition) is 3. The van der Waals surface area contributed by atoms with Gasteiger partial charge in [-0.05, 0) is 42.0 Å². The lowest BCUT2D eigenvalue weighted by molar-refractivity contribution is 0.0721. The Morgan fingerprint density at radius 1 is 0.794 bits per heavy atom. The number of aromatic nitrogens is 2. The molecule has 1 amide bonds. The number of amides is 1. The van der Waals surface area contributed by atoms with Crippen LogP contribution in [0.1, 0.15) is 21.7 Å². The number of benzene rings is 4. The predicted octanol–water partition coefficient (Wildman–Crippen LogP) is 5.88. The molecule has 168 valence electrons. The van der Waals surface area contributed by atoms with Crippen molar-refractivity contribution in [3.63, 3.8) is 0 Å². The van der Waals surface area contributed by atoms with E-state index in [2.05, 4.69) is 22.8 Å². The van der Waals surface area contributed by atoms with Crippen LogP contribution in [-0.2, 0) is 13.1 Å². The molecule has 0 aliphatic carbocycles. The van der Waals surface area contributed by atoms with Crippen molar-refractivity contribution in [1.82, 2.24) is 14.5 Å². The van der Waals surface area contributed by atoms with Crippen molar-refractivity contribution in [2.24, 2.45) is 0 Å². The average molecular weight is 448 g/mol. The van der Waals surface area contributed by atoms with Gasteiger partial charge in [0.15, 0.2) is 0 Å². The fraction of sp³-hybridized carbons (Fsp3) is 0.103. The van der Waals surface area contributed by atoms with E-state index in [1.54, 1.807) is 13.2 Å². The number of ether oxygens (including phenoxy) is 1. The molecule has 0 aliphatic rings. The summed E-state index contributed by atoms with van der Waals surface area (Å²) >= 11 is 0. The first-order valence-corrected chi connectivity index (χ1v) is 11.2. The van der Waals surface area contributed by atoms with E-state index >= 15 is 0 Å². The first-order chi connectivity index (χ1) is 16.7. The fourth-order valence-electron chi connectivity index (χ4n) is 4.21. The highest BCUT2D eigenvalue weighted by atomic mass is 16.5. The van der Waals surface area contributed by atoms with Crippen molar-refractivity contribution >= 4 is 16.9 Å². The maximum Gasteiger partial charge on any atom is 0.258 e. The van der Waals surface area contributed by atoms with Gasteiger partial charge < -0.3 is 9.64 Å². The van der Waals surface area contributed by atoms with Gasteiger partial charge in [0.25, 0.3) is 5.91 Å². The predicted molar refractivity (Wildman–Crippen MR) is 134 cm³/mol. The molecule has 0 radical (unpaired) electrons. The Kier molecular flexibility index (Phi) is 6.08. The van der Waals surface area contributed by atoms with Gasteiger partial charge in [-0.15, -0.1) is 0 Å². The molecule has 0 atom stereocenters. The smallest absolute Gasteiger partial charge is 0.258 e. The van der Waals surface area contributed by atoms with Crippen LogP contribution in [0, 0.1) is 0 Å². The summed E-state index contributed by atoms with van der Waals surface area (Å²) in [4.78, 5) is 20.6. The van der Waals surface area contributed by atoms with Crippen LogP contribution >= 0.6 is 0 Å². The van der Waals surface area contributed by atoms with Crippen LogP contribution in [0.3, 0.4) is 0 Å². The second-order valence-corrected chi connectivity index (χ2v) is 8.03. The van der Waals surface area contributed by atoms with Gasteiger partial charge in [0.2, 0.25) is 0 Å². The maximum atomic E-state index is 13.8. The largest absolute Gasteiger partial charge is 0.496 e. The summed E-state index contributed by atoms with van der Waals surface area (Å²) in [5.74, 6) is 1.25. The second-order valence-electron chi connectivity index (χ2n) is 8.03. The van der Waals surface area contributed by atoms with Crippen LogP contribution in [0.5, 0.6) is 5.75 Å². The molecule has 34 heavy (non-hydrogen) atoms. The summed E-state index contributed by atoms with van der Waals surface area (Å²) in [6.07, 6.45) is 0. The number of hydrogen-bond donors (Lipinski definition) is 0. The van der Waals surface area contributed by atoms with Crippen molar-refractivity contribution in [3.8, 4) is 11.4 Å². The molecule has 0 aliphatic heterocycles. The van der Waals surface area contributed by atoms with Gasteiger partial charge in [-0.2, -0.15) is 0 Å². The van der Waals surface area contributed by atoms with Crippen LogP contribution in [0.2, 0.25) is 0 Å². The van der Waals surface area contributed by atoms with Gasteiger partial charge in [-0.25, -0.2) is 4.98 Å². The standard InChI is InChI=1S/C29H25N3O2/c1-34-27-19-11-8-16-24(27)29(33)31(20-22-12-4-2-5-13-22)21-28-30-25-17-9-10-18-26(25)32(28)23-14-6-3-7-15-23/h2-19H,20-21H2,1H3. The van der Waals surface area contributed by atoms with Crippen LogP contribution in [0.15, 0.2) is 109 Å². The topological polar surface area (TPSA) is 47.4 Å². The molecule has 0 N–H and O–H groups in total. The third-order valence-electron chi connectivity index (χ3n) is 5.82. The van der Waals surface area contributed by atoms with Crippen molar-refractivity contribution in [2.45, 2.75) is 13.1 Å². The van der Waals surface area contributed by atoms with Gasteiger partial charge in [-0.3, -0.25) is 9.36 Å². The van der Waals surface area contributed by atoms with E-state index in [9.17, 15) is 4.79 Å². The van der Waals surface area contributed by atoms with E-state index in [0.29, 0.717) is 24.4 Å². The quantitative estimate of drug-likeness (QED) is 0.313. The van der Waals surface area contributed by atoms with E-state index in [-0.39, 0.29) is 5.91 Å². The zero-order chi connectivity index (χ0) is 23.3. The number of carbonyl (C=O) groups is 1. The van der Waals surface area contributed by atoms with Gasteiger partial charge >= 0.3 is 0 Å². The Labute approximate surface area is 198 Å². The van der Waals surface area contributed by atoms with Crippen LogP contribution in [-0.4, -0.2) is 27.5 Å². The SMILES string of the molecule is COc1ccccc1C(=O)N(Cc1ccccc1)Cc1nc2ccccc2n1-c1ccccc1. The number of rotatable bonds is 7. The molecule has 5 nitrogen and oxygen atoms in total. The summed E-state index contributed by atoms with van der Waals surface area (Å²) in [5, 5.41) is 0. The normalized spacial score (nSPS) is 10.9. The van der Waals surface area contributed by atoms with Gasteiger partial charge in [-0.1, -0.05) is 72.8 Å². The van der Waals surface area contributed by atoms with Crippen molar-refractivity contribution in [3.05, 3.63) is 126 Å². The zero-order valence-corrected chi connectivity index (χ0v) is 19.0. The molecule has 0 unspecified atom stereocenters. The Morgan fingerprint density at radius 3 is 2.21 bits per heavy atom. The van der Waals surface area contributed by atoms with E-state index in [4.69, 9.17) is 9.72 Å². The minimum absolute atomic E-state index is 0.104. The summed E-state index contributed by atoms with van der Waals surface area (Å²) < 4.78 is 7.62. The van der Waals surface area contributed by atoms with Gasteiger partial charge in [0.05, 0.1) is 30.3 Å². The molecule has 1 heterocycles. The number of fused-ring (bicyclic) bond motifs is 1. The van der Waals surface area contributed by atoms with Crippen LogP contribution in [0.25, 0.3) is 16.7 Å². The van der Waals surface area contributed by atoms with E-state index in [1.807, 2.05) is 89.8 Å². The van der Waals surface area contributed by atoms with Crippen molar-refractivity contribution in [2.75, 3.05) is 7.11 Å². The fourth-order valence-corrected chi connectivity index (χ4v) is 4.21. The van der Waals surface area contributed by atoms with Crippen molar-refractivity contribution < 1.29 is 9.53 Å². The lowest BCUT2D eigenvalue weighted by Gasteiger charge is -2.24. The molecule has 1 aromatic heterocycles.